The number of thiophene rings is 1. The number of rotatable bonds is 5. The van der Waals surface area contributed by atoms with E-state index in [1.54, 1.807) is 13.8 Å². The summed E-state index contributed by atoms with van der Waals surface area (Å²) >= 11 is 1.43. The summed E-state index contributed by atoms with van der Waals surface area (Å²) in [5.41, 5.74) is 1.43. The van der Waals surface area contributed by atoms with Crippen molar-refractivity contribution in [2.75, 3.05) is 5.32 Å². The van der Waals surface area contributed by atoms with Crippen molar-refractivity contribution in [1.82, 2.24) is 0 Å². The Bertz CT molecular complexity index is 769. The van der Waals surface area contributed by atoms with Crippen molar-refractivity contribution in [2.45, 2.75) is 71.8 Å². The van der Waals surface area contributed by atoms with Gasteiger partial charge in [0.25, 0.3) is 0 Å². The summed E-state index contributed by atoms with van der Waals surface area (Å²) in [4.78, 5) is 38.2. The van der Waals surface area contributed by atoms with Crippen LogP contribution in [0.25, 0.3) is 0 Å². The fourth-order valence-corrected chi connectivity index (χ4v) is 5.66. The summed E-state index contributed by atoms with van der Waals surface area (Å²) in [6, 6.07) is 0. The summed E-state index contributed by atoms with van der Waals surface area (Å²) in [6.45, 7) is 5.77. The second-order valence-electron chi connectivity index (χ2n) is 8.32. The van der Waals surface area contributed by atoms with E-state index in [2.05, 4.69) is 12.2 Å². The Morgan fingerprint density at radius 3 is 2.46 bits per heavy atom. The van der Waals surface area contributed by atoms with Crippen LogP contribution in [0.4, 0.5) is 5.00 Å². The lowest BCUT2D eigenvalue weighted by Gasteiger charge is -2.31. The maximum atomic E-state index is 12.9. The van der Waals surface area contributed by atoms with E-state index in [0.717, 1.165) is 42.5 Å². The molecule has 0 unspecified atom stereocenters. The molecule has 1 saturated carbocycles. The van der Waals surface area contributed by atoms with Crippen LogP contribution in [-0.2, 0) is 27.2 Å². The molecule has 3 atom stereocenters. The van der Waals surface area contributed by atoms with Crippen LogP contribution in [0, 0.1) is 17.8 Å². The van der Waals surface area contributed by atoms with Gasteiger partial charge in [-0.2, -0.15) is 0 Å². The van der Waals surface area contributed by atoms with Crippen LogP contribution in [0.2, 0.25) is 0 Å². The third-order valence-corrected chi connectivity index (χ3v) is 6.87. The Kier molecular flexibility index (Phi) is 6.43. The van der Waals surface area contributed by atoms with Crippen molar-refractivity contribution in [3.05, 3.63) is 16.0 Å². The molecule has 3 rings (SSSR count). The number of fused-ring (bicyclic) bond motifs is 1. The number of carbonyl (C=O) groups excluding carboxylic acids is 3. The van der Waals surface area contributed by atoms with Gasteiger partial charge < -0.3 is 20.0 Å². The molecule has 28 heavy (non-hydrogen) atoms. The number of carboxylic acids is 1. The topological polar surface area (TPSA) is 95.5 Å². The van der Waals surface area contributed by atoms with Crippen LogP contribution in [0.1, 0.15) is 73.7 Å². The Balaban J connectivity index is 1.89. The third kappa shape index (κ3) is 4.40. The second-order valence-corrected chi connectivity index (χ2v) is 9.42. The van der Waals surface area contributed by atoms with Gasteiger partial charge >= 0.3 is 5.97 Å². The summed E-state index contributed by atoms with van der Waals surface area (Å²) in [6.07, 6.45) is 5.00. The Morgan fingerprint density at radius 2 is 1.82 bits per heavy atom. The summed E-state index contributed by atoms with van der Waals surface area (Å²) < 4.78 is 5.43. The van der Waals surface area contributed by atoms with Crippen molar-refractivity contribution in [3.8, 4) is 0 Å². The molecule has 0 bridgehead atoms. The average Bonchev–Trinajstić information content (AvgIpc) is 2.97. The highest BCUT2D eigenvalue weighted by Crippen LogP contribution is 2.41. The first-order chi connectivity index (χ1) is 13.3. The molecule has 1 aromatic rings. The van der Waals surface area contributed by atoms with Gasteiger partial charge in [-0.25, -0.2) is 4.79 Å². The van der Waals surface area contributed by atoms with E-state index in [-0.39, 0.29) is 12.0 Å². The minimum Gasteiger partial charge on any atom is -0.550 e. The van der Waals surface area contributed by atoms with Gasteiger partial charge in [0.15, 0.2) is 0 Å². The largest absolute Gasteiger partial charge is 0.550 e. The van der Waals surface area contributed by atoms with Gasteiger partial charge in [-0.15, -0.1) is 11.3 Å². The van der Waals surface area contributed by atoms with Crippen molar-refractivity contribution in [2.24, 2.45) is 17.8 Å². The summed E-state index contributed by atoms with van der Waals surface area (Å²) in [5, 5.41) is 14.8. The monoisotopic (exact) mass is 406 g/mol. The predicted octanol–water partition coefficient (Wildman–Crippen LogP) is 2.93. The smallest absolute Gasteiger partial charge is 0.341 e. The predicted molar refractivity (Wildman–Crippen MR) is 105 cm³/mol. The highest BCUT2D eigenvalue weighted by molar-refractivity contribution is 7.17. The molecule has 1 fully saturated rings. The number of ether oxygens (including phenoxy) is 1. The first kappa shape index (κ1) is 20.8. The highest BCUT2D eigenvalue weighted by Gasteiger charge is 2.34. The number of carbonyl (C=O) groups is 3. The van der Waals surface area contributed by atoms with Gasteiger partial charge in [0.1, 0.15) is 5.00 Å². The lowest BCUT2D eigenvalue weighted by Crippen LogP contribution is -2.42. The molecule has 0 aliphatic heterocycles. The zero-order valence-electron chi connectivity index (χ0n) is 16.7. The van der Waals surface area contributed by atoms with Crippen LogP contribution < -0.4 is 10.4 Å². The Labute approximate surface area is 169 Å². The van der Waals surface area contributed by atoms with Crippen LogP contribution >= 0.6 is 11.3 Å². The molecule has 154 valence electrons. The molecule has 1 heterocycles. The zero-order valence-corrected chi connectivity index (χ0v) is 17.5. The molecule has 1 aromatic heterocycles. The van der Waals surface area contributed by atoms with E-state index in [1.165, 1.54) is 11.3 Å². The molecule has 0 saturated heterocycles. The number of amides is 1. The molecule has 0 radical (unpaired) electrons. The quantitative estimate of drug-likeness (QED) is 0.759. The number of carboxylic acid groups (broad SMARTS) is 1. The molecule has 6 nitrogen and oxygen atoms in total. The lowest BCUT2D eigenvalue weighted by molar-refractivity contribution is -0.313. The van der Waals surface area contributed by atoms with Crippen LogP contribution in [0.5, 0.6) is 0 Å². The number of esters is 1. The fourth-order valence-electron chi connectivity index (χ4n) is 4.26. The van der Waals surface area contributed by atoms with Gasteiger partial charge in [0, 0.05) is 22.7 Å². The number of nitrogens with one attached hydrogen (secondary N) is 1. The van der Waals surface area contributed by atoms with E-state index in [0.29, 0.717) is 29.3 Å². The molecular formula is C21H28NO5S-. The van der Waals surface area contributed by atoms with Gasteiger partial charge in [-0.3, -0.25) is 4.79 Å². The van der Waals surface area contributed by atoms with E-state index in [9.17, 15) is 19.5 Å². The molecule has 0 spiro atoms. The minimum atomic E-state index is -1.17. The van der Waals surface area contributed by atoms with E-state index in [1.807, 2.05) is 0 Å². The van der Waals surface area contributed by atoms with E-state index >= 15 is 0 Å². The number of aliphatic carboxylic acids is 1. The SMILES string of the molecule is CC(C)OC(=O)c1c(NC(=O)[C@H]2CCCC[C@H]2C(=O)[O-])sc2c1CC[C@H](C)C2. The Morgan fingerprint density at radius 1 is 1.14 bits per heavy atom. The van der Waals surface area contributed by atoms with Crippen molar-refractivity contribution in [3.63, 3.8) is 0 Å². The van der Waals surface area contributed by atoms with Crippen LogP contribution in [0.15, 0.2) is 0 Å². The fraction of sp³-hybridized carbons (Fsp3) is 0.667. The van der Waals surface area contributed by atoms with Gasteiger partial charge in [0.2, 0.25) is 5.91 Å². The first-order valence-electron chi connectivity index (χ1n) is 10.1. The molecule has 2 aliphatic carbocycles. The van der Waals surface area contributed by atoms with E-state index in [4.69, 9.17) is 4.74 Å². The average molecular weight is 407 g/mol. The molecular weight excluding hydrogens is 378 g/mol. The highest BCUT2D eigenvalue weighted by atomic mass is 32.1. The Hall–Kier alpha value is -1.89. The number of hydrogen-bond donors (Lipinski definition) is 1. The maximum Gasteiger partial charge on any atom is 0.341 e. The number of anilines is 1. The van der Waals surface area contributed by atoms with Gasteiger partial charge in [-0.1, -0.05) is 19.8 Å². The number of hydrogen-bond acceptors (Lipinski definition) is 6. The second kappa shape index (κ2) is 8.64. The first-order valence-corrected chi connectivity index (χ1v) is 11.0. The van der Waals surface area contributed by atoms with Crippen molar-refractivity contribution >= 4 is 34.2 Å². The normalized spacial score (nSPS) is 24.5. The van der Waals surface area contributed by atoms with Gasteiger partial charge in [-0.05, 0) is 57.4 Å². The molecule has 1 N–H and O–H groups in total. The standard InChI is InChI=1S/C21H29NO5S/c1-11(2)27-21(26)17-15-9-8-12(3)10-16(15)28-19(17)22-18(23)13-6-4-5-7-14(13)20(24)25/h11-14H,4-10H2,1-3H3,(H,22,23)(H,24,25)/p-1/t12-,13-,14+/m0/s1. The molecule has 7 heteroatoms. The summed E-state index contributed by atoms with van der Waals surface area (Å²) in [5.74, 6) is -2.78. The van der Waals surface area contributed by atoms with Crippen molar-refractivity contribution < 1.29 is 24.2 Å². The van der Waals surface area contributed by atoms with Crippen molar-refractivity contribution in [1.29, 1.82) is 0 Å². The zero-order chi connectivity index (χ0) is 20.4. The van der Waals surface area contributed by atoms with E-state index < -0.39 is 23.8 Å². The summed E-state index contributed by atoms with van der Waals surface area (Å²) in [7, 11) is 0. The molecule has 0 aromatic carbocycles. The lowest BCUT2D eigenvalue weighted by atomic mass is 9.78. The molecule has 1 amide bonds. The van der Waals surface area contributed by atoms with Gasteiger partial charge in [0.05, 0.1) is 11.7 Å². The maximum absolute atomic E-state index is 12.9. The molecule has 2 aliphatic rings. The third-order valence-electron chi connectivity index (χ3n) is 5.70. The van der Waals surface area contributed by atoms with Crippen LogP contribution in [-0.4, -0.2) is 23.9 Å². The van der Waals surface area contributed by atoms with Crippen LogP contribution in [0.3, 0.4) is 0 Å². The minimum absolute atomic E-state index is 0.255.